The van der Waals surface area contributed by atoms with Crippen LogP contribution in [0.1, 0.15) is 43.2 Å². The summed E-state index contributed by atoms with van der Waals surface area (Å²) in [4.78, 5) is 0. The topological polar surface area (TPSA) is 0 Å². The van der Waals surface area contributed by atoms with E-state index in [9.17, 15) is 26.3 Å². The van der Waals surface area contributed by atoms with Crippen molar-refractivity contribution >= 4 is 18.5 Å². The van der Waals surface area contributed by atoms with Crippen LogP contribution in [0.2, 0.25) is 0 Å². The standard InChI is InChI=1S/C20H19F6P/c21-19(22,23)15-10-4-6-12-17(15)27(14-8-2-1-3-9-14)18-13-7-5-11-16(18)20(24,25)26/h4-7,10-14H,1-3,8-9H2. The number of rotatable bonds is 3. The van der Waals surface area contributed by atoms with E-state index in [-0.39, 0.29) is 16.3 Å². The average molecular weight is 404 g/mol. The SMILES string of the molecule is FC(F)(F)c1ccccc1P(c1ccccc1C(F)(F)F)C1CCCCC1. The molecule has 0 amide bonds. The third-order valence-corrected chi connectivity index (χ3v) is 7.94. The van der Waals surface area contributed by atoms with E-state index in [4.69, 9.17) is 0 Å². The quantitative estimate of drug-likeness (QED) is 0.405. The second-order valence-electron chi connectivity index (χ2n) is 6.69. The monoisotopic (exact) mass is 404 g/mol. The number of alkyl halides is 6. The molecule has 0 aromatic heterocycles. The maximum Gasteiger partial charge on any atom is 0.417 e. The third kappa shape index (κ3) is 4.48. The zero-order chi connectivity index (χ0) is 19.7. The number of benzene rings is 2. The first-order chi connectivity index (χ1) is 12.7. The smallest absolute Gasteiger partial charge is 0.166 e. The molecule has 0 heterocycles. The van der Waals surface area contributed by atoms with Crippen molar-refractivity contribution in [3.8, 4) is 0 Å². The predicted molar refractivity (Wildman–Crippen MR) is 95.9 cm³/mol. The van der Waals surface area contributed by atoms with E-state index in [1.807, 2.05) is 0 Å². The lowest BCUT2D eigenvalue weighted by molar-refractivity contribution is -0.137. The van der Waals surface area contributed by atoms with Crippen LogP contribution in [0.25, 0.3) is 0 Å². The van der Waals surface area contributed by atoms with Crippen LogP contribution in [0.15, 0.2) is 48.5 Å². The van der Waals surface area contributed by atoms with Crippen LogP contribution >= 0.6 is 7.92 Å². The first-order valence-electron chi connectivity index (χ1n) is 8.81. The van der Waals surface area contributed by atoms with E-state index in [0.29, 0.717) is 12.8 Å². The summed E-state index contributed by atoms with van der Waals surface area (Å²) >= 11 is 0. The van der Waals surface area contributed by atoms with Crippen LogP contribution < -0.4 is 10.6 Å². The fourth-order valence-corrected chi connectivity index (χ4v) is 7.05. The van der Waals surface area contributed by atoms with Crippen molar-refractivity contribution in [2.24, 2.45) is 0 Å². The molecule has 0 saturated heterocycles. The Bertz CT molecular complexity index is 717. The van der Waals surface area contributed by atoms with Crippen molar-refractivity contribution in [1.29, 1.82) is 0 Å². The maximum absolute atomic E-state index is 13.6. The molecule has 1 aliphatic rings. The Kier molecular flexibility index (Phi) is 5.85. The lowest BCUT2D eigenvalue weighted by Gasteiger charge is -2.34. The first kappa shape index (κ1) is 20.2. The average Bonchev–Trinajstić information content (AvgIpc) is 2.62. The largest absolute Gasteiger partial charge is 0.417 e. The highest BCUT2D eigenvalue weighted by atomic mass is 31.1. The Balaban J connectivity index is 2.21. The highest BCUT2D eigenvalue weighted by molar-refractivity contribution is 7.73. The van der Waals surface area contributed by atoms with Crippen LogP contribution in [0.3, 0.4) is 0 Å². The van der Waals surface area contributed by atoms with Crippen molar-refractivity contribution in [3.05, 3.63) is 59.7 Å². The van der Waals surface area contributed by atoms with Gasteiger partial charge >= 0.3 is 12.4 Å². The summed E-state index contributed by atoms with van der Waals surface area (Å²) in [6.45, 7) is 0. The Morgan fingerprint density at radius 2 is 1.04 bits per heavy atom. The molecule has 2 aromatic carbocycles. The third-order valence-electron chi connectivity index (χ3n) is 4.88. The Morgan fingerprint density at radius 1 is 0.630 bits per heavy atom. The molecule has 0 spiro atoms. The summed E-state index contributed by atoms with van der Waals surface area (Å²) in [6, 6.07) is 10.2. The van der Waals surface area contributed by atoms with Gasteiger partial charge in [-0.15, -0.1) is 0 Å². The van der Waals surface area contributed by atoms with Crippen LogP contribution in [-0.4, -0.2) is 5.66 Å². The minimum Gasteiger partial charge on any atom is -0.166 e. The second kappa shape index (κ2) is 7.83. The summed E-state index contributed by atoms with van der Waals surface area (Å²) in [6.07, 6.45) is -5.23. The zero-order valence-corrected chi connectivity index (χ0v) is 15.3. The molecular formula is C20H19F6P. The van der Waals surface area contributed by atoms with Gasteiger partial charge in [0.25, 0.3) is 0 Å². The van der Waals surface area contributed by atoms with E-state index in [2.05, 4.69) is 0 Å². The van der Waals surface area contributed by atoms with Gasteiger partial charge in [0.2, 0.25) is 0 Å². The van der Waals surface area contributed by atoms with Crippen molar-refractivity contribution < 1.29 is 26.3 Å². The Morgan fingerprint density at radius 3 is 1.44 bits per heavy atom. The zero-order valence-electron chi connectivity index (χ0n) is 14.4. The molecular weight excluding hydrogens is 385 g/mol. The van der Waals surface area contributed by atoms with Gasteiger partial charge in [-0.3, -0.25) is 0 Å². The molecule has 0 bridgehead atoms. The summed E-state index contributed by atoms with van der Waals surface area (Å²) < 4.78 is 81.7. The summed E-state index contributed by atoms with van der Waals surface area (Å²) in [7, 11) is -1.78. The molecule has 1 aliphatic carbocycles. The number of hydrogen-bond acceptors (Lipinski definition) is 0. The fourth-order valence-electron chi connectivity index (χ4n) is 3.71. The van der Waals surface area contributed by atoms with E-state index in [1.54, 1.807) is 0 Å². The van der Waals surface area contributed by atoms with Gasteiger partial charge in [-0.25, -0.2) is 0 Å². The molecule has 0 atom stereocenters. The molecule has 2 aromatic rings. The van der Waals surface area contributed by atoms with Gasteiger partial charge in [-0.2, -0.15) is 26.3 Å². The first-order valence-corrected chi connectivity index (χ1v) is 10.2. The van der Waals surface area contributed by atoms with E-state index in [1.165, 1.54) is 36.4 Å². The minimum absolute atomic E-state index is 0.00333. The molecule has 0 N–H and O–H groups in total. The van der Waals surface area contributed by atoms with Crippen LogP contribution in [0.4, 0.5) is 26.3 Å². The van der Waals surface area contributed by atoms with Gasteiger partial charge in [0.15, 0.2) is 0 Å². The molecule has 7 heteroatoms. The normalized spacial score (nSPS) is 16.7. The van der Waals surface area contributed by atoms with Gasteiger partial charge in [0.1, 0.15) is 0 Å². The minimum atomic E-state index is -4.60. The molecule has 146 valence electrons. The molecule has 0 aliphatic heterocycles. The Labute approximate surface area is 155 Å². The van der Waals surface area contributed by atoms with Gasteiger partial charge in [-0.05, 0) is 49.2 Å². The fraction of sp³-hybridized carbons (Fsp3) is 0.400. The van der Waals surface area contributed by atoms with Crippen molar-refractivity contribution in [1.82, 2.24) is 0 Å². The maximum atomic E-state index is 13.6. The molecule has 1 fully saturated rings. The van der Waals surface area contributed by atoms with Gasteiger partial charge in [0, 0.05) is 0 Å². The van der Waals surface area contributed by atoms with Crippen LogP contribution in [0.5, 0.6) is 0 Å². The predicted octanol–water partition coefficient (Wildman–Crippen LogP) is 6.49. The van der Waals surface area contributed by atoms with Gasteiger partial charge in [0.05, 0.1) is 11.1 Å². The number of halogens is 6. The van der Waals surface area contributed by atoms with Gasteiger partial charge in [-0.1, -0.05) is 55.7 Å². The summed E-state index contributed by atoms with van der Waals surface area (Å²) in [5.41, 5.74) is -1.82. The van der Waals surface area contributed by atoms with E-state index < -0.39 is 31.4 Å². The van der Waals surface area contributed by atoms with E-state index in [0.717, 1.165) is 31.4 Å². The summed E-state index contributed by atoms with van der Waals surface area (Å²) in [5.74, 6) is 0. The van der Waals surface area contributed by atoms with E-state index >= 15 is 0 Å². The van der Waals surface area contributed by atoms with Gasteiger partial charge < -0.3 is 0 Å². The lowest BCUT2D eigenvalue weighted by Crippen LogP contribution is -2.31. The van der Waals surface area contributed by atoms with Crippen LogP contribution in [-0.2, 0) is 12.4 Å². The van der Waals surface area contributed by atoms with Crippen molar-refractivity contribution in [2.75, 3.05) is 0 Å². The molecule has 3 rings (SSSR count). The Hall–Kier alpha value is -1.55. The highest BCUT2D eigenvalue weighted by Crippen LogP contribution is 2.50. The number of hydrogen-bond donors (Lipinski definition) is 0. The molecule has 0 nitrogen and oxygen atoms in total. The lowest BCUT2D eigenvalue weighted by atomic mass is 10.0. The summed E-state index contributed by atoms with van der Waals surface area (Å²) in [5, 5.41) is 0.00667. The molecule has 27 heavy (non-hydrogen) atoms. The van der Waals surface area contributed by atoms with Crippen molar-refractivity contribution in [2.45, 2.75) is 50.1 Å². The molecule has 0 radical (unpaired) electrons. The molecule has 1 saturated carbocycles. The van der Waals surface area contributed by atoms with Crippen molar-refractivity contribution in [3.63, 3.8) is 0 Å². The molecule has 0 unspecified atom stereocenters. The highest BCUT2D eigenvalue weighted by Gasteiger charge is 2.41. The van der Waals surface area contributed by atoms with Crippen LogP contribution in [0, 0.1) is 0 Å². The second-order valence-corrected chi connectivity index (χ2v) is 9.13.